The first-order valence-corrected chi connectivity index (χ1v) is 10.3. The number of aldehydes is 1. The molecular weight excluding hydrogens is 382 g/mol. The highest BCUT2D eigenvalue weighted by molar-refractivity contribution is 5.94. The molecule has 0 bridgehead atoms. The second kappa shape index (κ2) is 11.1. The Hall–Kier alpha value is -3.15. The number of carbonyl (C=O) groups is 3. The topological polar surface area (TPSA) is 72.9 Å². The summed E-state index contributed by atoms with van der Waals surface area (Å²) in [5.74, 6) is 0.379. The molecule has 1 saturated heterocycles. The molecule has 0 saturated carbocycles. The summed E-state index contributed by atoms with van der Waals surface area (Å²) in [7, 11) is 0. The number of para-hydroxylation sites is 1. The van der Waals surface area contributed by atoms with E-state index >= 15 is 0 Å². The van der Waals surface area contributed by atoms with Crippen LogP contribution in [0.25, 0.3) is 0 Å². The first kappa shape index (κ1) is 21.6. The van der Waals surface area contributed by atoms with Gasteiger partial charge in [-0.25, -0.2) is 0 Å². The molecule has 2 aromatic carbocycles. The zero-order valence-corrected chi connectivity index (χ0v) is 17.0. The Kier molecular flexibility index (Phi) is 8.01. The molecular formula is C24H27NO5. The fourth-order valence-corrected chi connectivity index (χ4v) is 3.39. The summed E-state index contributed by atoms with van der Waals surface area (Å²) < 4.78 is 10.9. The fraction of sp³-hybridized carbons (Fsp3) is 0.375. The average Bonchev–Trinajstić information content (AvgIpc) is 2.81. The molecule has 1 fully saturated rings. The highest BCUT2D eigenvalue weighted by Crippen LogP contribution is 2.21. The van der Waals surface area contributed by atoms with Crippen molar-refractivity contribution in [3.8, 4) is 5.75 Å². The third kappa shape index (κ3) is 6.17. The maximum atomic E-state index is 12.8. The Morgan fingerprint density at radius 2 is 1.70 bits per heavy atom. The Bertz CT molecular complexity index is 826. The van der Waals surface area contributed by atoms with Crippen molar-refractivity contribution in [3.63, 3.8) is 0 Å². The van der Waals surface area contributed by atoms with Crippen LogP contribution in [0.5, 0.6) is 5.75 Å². The summed E-state index contributed by atoms with van der Waals surface area (Å²) in [4.78, 5) is 36.9. The normalized spacial score (nSPS) is 14.2. The summed E-state index contributed by atoms with van der Waals surface area (Å²) in [6.07, 6.45) is 2.97. The highest BCUT2D eigenvalue weighted by atomic mass is 16.5. The molecule has 3 rings (SSSR count). The van der Waals surface area contributed by atoms with Gasteiger partial charge in [-0.15, -0.1) is 0 Å². The minimum Gasteiger partial charge on any atom is -0.489 e. The number of rotatable bonds is 9. The first-order valence-electron chi connectivity index (χ1n) is 10.3. The number of amides is 1. The SMILES string of the molecule is O=CCCCOC(=O)C1CCN(C(=O)c2ccc(COc3ccccc3)cc2)CC1. The lowest BCUT2D eigenvalue weighted by atomic mass is 9.96. The lowest BCUT2D eigenvalue weighted by Gasteiger charge is -2.31. The number of nitrogens with zero attached hydrogens (tertiary/aromatic N) is 1. The van der Waals surface area contributed by atoms with Gasteiger partial charge >= 0.3 is 5.97 Å². The van der Waals surface area contributed by atoms with Crippen molar-refractivity contribution in [1.29, 1.82) is 0 Å². The second-order valence-corrected chi connectivity index (χ2v) is 7.34. The molecule has 1 heterocycles. The van der Waals surface area contributed by atoms with Gasteiger partial charge in [-0.2, -0.15) is 0 Å². The van der Waals surface area contributed by atoms with Crippen molar-refractivity contribution < 1.29 is 23.9 Å². The van der Waals surface area contributed by atoms with Crippen LogP contribution in [0.2, 0.25) is 0 Å². The molecule has 0 aromatic heterocycles. The van der Waals surface area contributed by atoms with Gasteiger partial charge in [0.15, 0.2) is 0 Å². The van der Waals surface area contributed by atoms with Gasteiger partial charge in [0, 0.05) is 25.1 Å². The Labute approximate surface area is 176 Å². The number of ether oxygens (including phenoxy) is 2. The summed E-state index contributed by atoms with van der Waals surface area (Å²) in [6, 6.07) is 17.0. The Balaban J connectivity index is 1.44. The Morgan fingerprint density at radius 1 is 1.00 bits per heavy atom. The molecule has 2 aromatic rings. The lowest BCUT2D eigenvalue weighted by molar-refractivity contribution is -0.150. The van der Waals surface area contributed by atoms with E-state index in [-0.39, 0.29) is 24.4 Å². The zero-order chi connectivity index (χ0) is 21.2. The molecule has 1 amide bonds. The average molecular weight is 409 g/mol. The number of hydrogen-bond donors (Lipinski definition) is 0. The van der Waals surface area contributed by atoms with Gasteiger partial charge in [0.1, 0.15) is 18.6 Å². The van der Waals surface area contributed by atoms with Crippen molar-refractivity contribution in [1.82, 2.24) is 4.90 Å². The number of esters is 1. The van der Waals surface area contributed by atoms with E-state index in [1.54, 1.807) is 4.90 Å². The number of hydrogen-bond acceptors (Lipinski definition) is 5. The monoisotopic (exact) mass is 409 g/mol. The molecule has 6 heteroatoms. The minimum atomic E-state index is -0.226. The minimum absolute atomic E-state index is 0.0247. The molecule has 6 nitrogen and oxygen atoms in total. The van der Waals surface area contributed by atoms with Gasteiger partial charge in [0.25, 0.3) is 5.91 Å². The first-order chi connectivity index (χ1) is 14.7. The summed E-state index contributed by atoms with van der Waals surface area (Å²) >= 11 is 0. The number of unbranched alkanes of at least 4 members (excludes halogenated alkanes) is 1. The Morgan fingerprint density at radius 3 is 2.37 bits per heavy atom. The summed E-state index contributed by atoms with van der Waals surface area (Å²) in [6.45, 7) is 1.79. The molecule has 0 spiro atoms. The third-order valence-corrected chi connectivity index (χ3v) is 5.18. The van der Waals surface area contributed by atoms with Gasteiger partial charge in [-0.3, -0.25) is 9.59 Å². The van der Waals surface area contributed by atoms with Crippen LogP contribution >= 0.6 is 0 Å². The standard InChI is InChI=1S/C24H27NO5/c26-16-4-5-17-29-24(28)21-12-14-25(15-13-21)23(27)20-10-8-19(9-11-20)18-30-22-6-2-1-3-7-22/h1-3,6-11,16,21H,4-5,12-15,17-18H2. The summed E-state index contributed by atoms with van der Waals surface area (Å²) in [5.41, 5.74) is 1.62. The van der Waals surface area contributed by atoms with E-state index in [1.807, 2.05) is 54.6 Å². The van der Waals surface area contributed by atoms with Crippen molar-refractivity contribution in [2.45, 2.75) is 32.3 Å². The van der Waals surface area contributed by atoms with Gasteiger partial charge in [-0.1, -0.05) is 30.3 Å². The van der Waals surface area contributed by atoms with Crippen LogP contribution in [0, 0.1) is 5.92 Å². The van der Waals surface area contributed by atoms with E-state index in [9.17, 15) is 14.4 Å². The molecule has 1 aliphatic heterocycles. The van der Waals surface area contributed by atoms with E-state index in [2.05, 4.69) is 0 Å². The number of likely N-dealkylation sites (tertiary alicyclic amines) is 1. The summed E-state index contributed by atoms with van der Waals surface area (Å²) in [5, 5.41) is 0. The van der Waals surface area contributed by atoms with Gasteiger partial charge in [0.05, 0.1) is 12.5 Å². The number of carbonyl (C=O) groups excluding carboxylic acids is 3. The van der Waals surface area contributed by atoms with E-state index in [4.69, 9.17) is 9.47 Å². The van der Waals surface area contributed by atoms with E-state index in [0.717, 1.165) is 17.6 Å². The van der Waals surface area contributed by atoms with Gasteiger partial charge in [0.2, 0.25) is 0 Å². The van der Waals surface area contributed by atoms with E-state index in [0.29, 0.717) is 50.9 Å². The number of piperidine rings is 1. The number of benzene rings is 2. The van der Waals surface area contributed by atoms with Crippen LogP contribution < -0.4 is 4.74 Å². The molecule has 0 atom stereocenters. The van der Waals surface area contributed by atoms with Crippen LogP contribution in [0.4, 0.5) is 0 Å². The predicted molar refractivity (Wildman–Crippen MR) is 112 cm³/mol. The van der Waals surface area contributed by atoms with Crippen molar-refractivity contribution in [2.75, 3.05) is 19.7 Å². The molecule has 0 N–H and O–H groups in total. The van der Waals surface area contributed by atoms with Crippen LogP contribution in [-0.4, -0.2) is 42.8 Å². The van der Waals surface area contributed by atoms with Crippen LogP contribution in [-0.2, 0) is 20.9 Å². The van der Waals surface area contributed by atoms with Gasteiger partial charge < -0.3 is 19.2 Å². The lowest BCUT2D eigenvalue weighted by Crippen LogP contribution is -2.40. The molecule has 0 radical (unpaired) electrons. The van der Waals surface area contributed by atoms with E-state index < -0.39 is 0 Å². The fourth-order valence-electron chi connectivity index (χ4n) is 3.39. The quantitative estimate of drug-likeness (QED) is 0.359. The molecule has 158 valence electrons. The highest BCUT2D eigenvalue weighted by Gasteiger charge is 2.28. The molecule has 30 heavy (non-hydrogen) atoms. The predicted octanol–water partition coefficient (Wildman–Crippen LogP) is 3.64. The van der Waals surface area contributed by atoms with Crippen molar-refractivity contribution in [2.24, 2.45) is 5.92 Å². The zero-order valence-electron chi connectivity index (χ0n) is 17.0. The van der Waals surface area contributed by atoms with E-state index in [1.165, 1.54) is 0 Å². The smallest absolute Gasteiger partial charge is 0.309 e. The van der Waals surface area contributed by atoms with Crippen molar-refractivity contribution >= 4 is 18.2 Å². The second-order valence-electron chi connectivity index (χ2n) is 7.34. The molecule has 0 unspecified atom stereocenters. The largest absolute Gasteiger partial charge is 0.489 e. The van der Waals surface area contributed by atoms with Crippen LogP contribution in [0.15, 0.2) is 54.6 Å². The van der Waals surface area contributed by atoms with Crippen LogP contribution in [0.3, 0.4) is 0 Å². The van der Waals surface area contributed by atoms with Crippen molar-refractivity contribution in [3.05, 3.63) is 65.7 Å². The van der Waals surface area contributed by atoms with Gasteiger partial charge in [-0.05, 0) is 49.1 Å². The maximum Gasteiger partial charge on any atom is 0.309 e. The maximum absolute atomic E-state index is 12.8. The molecule has 1 aliphatic rings. The molecule has 0 aliphatic carbocycles. The van der Waals surface area contributed by atoms with Crippen LogP contribution in [0.1, 0.15) is 41.6 Å². The third-order valence-electron chi connectivity index (χ3n) is 5.18.